The van der Waals surface area contributed by atoms with E-state index in [2.05, 4.69) is 11.0 Å². The fourth-order valence-electron chi connectivity index (χ4n) is 1.84. The van der Waals surface area contributed by atoms with Crippen LogP contribution in [0.4, 0.5) is 0 Å². The lowest BCUT2D eigenvalue weighted by Crippen LogP contribution is -2.50. The molecule has 1 heterocycles. The molecule has 1 fully saturated rings. The lowest BCUT2D eigenvalue weighted by atomic mass is 10.0. The Morgan fingerprint density at radius 1 is 1.50 bits per heavy atom. The van der Waals surface area contributed by atoms with Gasteiger partial charge in [-0.3, -0.25) is 4.90 Å². The lowest BCUT2D eigenvalue weighted by Gasteiger charge is -2.40. The van der Waals surface area contributed by atoms with Gasteiger partial charge in [-0.2, -0.15) is 0 Å². The molecule has 2 nitrogen and oxygen atoms in total. The normalized spacial score (nSPS) is 22.0. The first-order valence-corrected chi connectivity index (χ1v) is 5.36. The molecule has 76 valence electrons. The minimum Gasteiger partial charge on any atom is -0.329 e. The molecule has 1 saturated heterocycles. The fraction of sp³-hybridized carbons (Fsp3) is 0.455. The van der Waals surface area contributed by atoms with Gasteiger partial charge in [0, 0.05) is 30.7 Å². The summed E-state index contributed by atoms with van der Waals surface area (Å²) in [6.45, 7) is 2.90. The van der Waals surface area contributed by atoms with Crippen LogP contribution in [-0.4, -0.2) is 24.0 Å². The molecule has 0 saturated carbocycles. The highest BCUT2D eigenvalue weighted by Gasteiger charge is 2.25. The molecule has 3 heteroatoms. The van der Waals surface area contributed by atoms with E-state index in [1.165, 1.54) is 12.0 Å². The minimum atomic E-state index is 0.578. The Bertz CT molecular complexity index is 312. The summed E-state index contributed by atoms with van der Waals surface area (Å²) in [7, 11) is 0. The molecule has 14 heavy (non-hydrogen) atoms. The monoisotopic (exact) mass is 210 g/mol. The van der Waals surface area contributed by atoms with Crippen molar-refractivity contribution in [2.75, 3.05) is 13.1 Å². The van der Waals surface area contributed by atoms with Crippen LogP contribution in [0.15, 0.2) is 24.3 Å². The summed E-state index contributed by atoms with van der Waals surface area (Å²) in [5, 5.41) is 0.812. The fourth-order valence-corrected chi connectivity index (χ4v) is 2.05. The molecule has 0 aliphatic carbocycles. The molecular formula is C11H15ClN2. The standard InChI is InChI=1S/C11H15ClN2/c12-10-3-1-2-9(6-10)8-14-5-4-11(14)7-13/h1-3,6,11H,4-5,7-8,13H2. The molecule has 1 unspecified atom stereocenters. The predicted molar refractivity (Wildman–Crippen MR) is 59.3 cm³/mol. The second kappa shape index (κ2) is 4.30. The van der Waals surface area contributed by atoms with E-state index in [4.69, 9.17) is 17.3 Å². The van der Waals surface area contributed by atoms with Gasteiger partial charge in [-0.05, 0) is 24.1 Å². The van der Waals surface area contributed by atoms with Gasteiger partial charge in [-0.1, -0.05) is 23.7 Å². The molecule has 1 atom stereocenters. The average Bonchev–Trinajstić information content (AvgIpc) is 2.14. The highest BCUT2D eigenvalue weighted by molar-refractivity contribution is 6.30. The average molecular weight is 211 g/mol. The van der Waals surface area contributed by atoms with Crippen LogP contribution in [0.3, 0.4) is 0 Å². The topological polar surface area (TPSA) is 29.3 Å². The van der Waals surface area contributed by atoms with E-state index in [0.717, 1.165) is 24.7 Å². The van der Waals surface area contributed by atoms with Crippen molar-refractivity contribution in [2.24, 2.45) is 5.73 Å². The number of halogens is 1. The second-order valence-corrected chi connectivity index (χ2v) is 4.22. The van der Waals surface area contributed by atoms with E-state index in [9.17, 15) is 0 Å². The Labute approximate surface area is 89.7 Å². The number of nitrogens with zero attached hydrogens (tertiary/aromatic N) is 1. The molecule has 1 aromatic carbocycles. The van der Waals surface area contributed by atoms with Crippen molar-refractivity contribution in [1.82, 2.24) is 4.90 Å². The highest BCUT2D eigenvalue weighted by Crippen LogP contribution is 2.20. The summed E-state index contributed by atoms with van der Waals surface area (Å²) in [5.74, 6) is 0. The van der Waals surface area contributed by atoms with Crippen LogP contribution < -0.4 is 5.73 Å². The van der Waals surface area contributed by atoms with Gasteiger partial charge in [-0.25, -0.2) is 0 Å². The van der Waals surface area contributed by atoms with E-state index in [0.29, 0.717) is 6.04 Å². The number of likely N-dealkylation sites (tertiary alicyclic amines) is 1. The second-order valence-electron chi connectivity index (χ2n) is 3.78. The van der Waals surface area contributed by atoms with Crippen molar-refractivity contribution >= 4 is 11.6 Å². The lowest BCUT2D eigenvalue weighted by molar-refractivity contribution is 0.0882. The van der Waals surface area contributed by atoms with Crippen LogP contribution in [0.1, 0.15) is 12.0 Å². The first-order valence-electron chi connectivity index (χ1n) is 4.98. The Kier molecular flexibility index (Phi) is 3.06. The van der Waals surface area contributed by atoms with E-state index in [1.807, 2.05) is 18.2 Å². The highest BCUT2D eigenvalue weighted by atomic mass is 35.5. The van der Waals surface area contributed by atoms with Gasteiger partial charge in [0.1, 0.15) is 0 Å². The zero-order valence-corrected chi connectivity index (χ0v) is 8.87. The Morgan fingerprint density at radius 2 is 2.36 bits per heavy atom. The molecular weight excluding hydrogens is 196 g/mol. The zero-order valence-electron chi connectivity index (χ0n) is 8.12. The first-order chi connectivity index (χ1) is 6.79. The van der Waals surface area contributed by atoms with Gasteiger partial charge in [0.15, 0.2) is 0 Å². The molecule has 0 radical (unpaired) electrons. The van der Waals surface area contributed by atoms with Crippen molar-refractivity contribution in [3.05, 3.63) is 34.9 Å². The Balaban J connectivity index is 1.97. The summed E-state index contributed by atoms with van der Waals surface area (Å²) in [5.41, 5.74) is 6.91. The number of benzene rings is 1. The maximum Gasteiger partial charge on any atom is 0.0409 e. The van der Waals surface area contributed by atoms with Gasteiger partial charge in [0.05, 0.1) is 0 Å². The first kappa shape index (κ1) is 9.97. The van der Waals surface area contributed by atoms with Crippen LogP contribution in [0, 0.1) is 0 Å². The van der Waals surface area contributed by atoms with Gasteiger partial charge < -0.3 is 5.73 Å². The number of nitrogens with two attached hydrogens (primary N) is 1. The Morgan fingerprint density at radius 3 is 2.93 bits per heavy atom. The molecule has 1 aliphatic heterocycles. The van der Waals surface area contributed by atoms with E-state index in [-0.39, 0.29) is 0 Å². The predicted octanol–water partition coefficient (Wildman–Crippen LogP) is 1.87. The third-order valence-electron chi connectivity index (χ3n) is 2.81. The van der Waals surface area contributed by atoms with Crippen molar-refractivity contribution in [1.29, 1.82) is 0 Å². The molecule has 1 aliphatic rings. The SMILES string of the molecule is NCC1CCN1Cc1cccc(Cl)c1. The Hall–Kier alpha value is -0.570. The van der Waals surface area contributed by atoms with E-state index < -0.39 is 0 Å². The smallest absolute Gasteiger partial charge is 0.0409 e. The van der Waals surface area contributed by atoms with Gasteiger partial charge in [0.25, 0.3) is 0 Å². The van der Waals surface area contributed by atoms with Crippen molar-refractivity contribution in [3.63, 3.8) is 0 Å². The number of hydrogen-bond donors (Lipinski definition) is 1. The molecule has 0 amide bonds. The summed E-state index contributed by atoms with van der Waals surface area (Å²) in [6, 6.07) is 8.61. The number of rotatable bonds is 3. The zero-order chi connectivity index (χ0) is 9.97. The van der Waals surface area contributed by atoms with Crippen molar-refractivity contribution in [3.8, 4) is 0 Å². The third kappa shape index (κ3) is 2.08. The van der Waals surface area contributed by atoms with E-state index in [1.54, 1.807) is 0 Å². The largest absolute Gasteiger partial charge is 0.329 e. The van der Waals surface area contributed by atoms with Crippen molar-refractivity contribution < 1.29 is 0 Å². The van der Waals surface area contributed by atoms with Crippen LogP contribution in [0.5, 0.6) is 0 Å². The van der Waals surface area contributed by atoms with E-state index >= 15 is 0 Å². The summed E-state index contributed by atoms with van der Waals surface area (Å²) >= 11 is 5.92. The molecule has 0 spiro atoms. The third-order valence-corrected chi connectivity index (χ3v) is 3.05. The molecule has 0 aromatic heterocycles. The quantitative estimate of drug-likeness (QED) is 0.826. The van der Waals surface area contributed by atoms with Gasteiger partial charge in [0.2, 0.25) is 0 Å². The number of hydrogen-bond acceptors (Lipinski definition) is 2. The maximum atomic E-state index is 5.92. The summed E-state index contributed by atoms with van der Waals surface area (Å²) in [6.07, 6.45) is 1.23. The van der Waals surface area contributed by atoms with Gasteiger partial charge in [-0.15, -0.1) is 0 Å². The molecule has 0 bridgehead atoms. The molecule has 2 N–H and O–H groups in total. The van der Waals surface area contributed by atoms with Crippen LogP contribution in [0.25, 0.3) is 0 Å². The summed E-state index contributed by atoms with van der Waals surface area (Å²) < 4.78 is 0. The van der Waals surface area contributed by atoms with Crippen LogP contribution in [-0.2, 0) is 6.54 Å². The minimum absolute atomic E-state index is 0.578. The molecule has 2 rings (SSSR count). The molecule has 1 aromatic rings. The maximum absolute atomic E-state index is 5.92. The van der Waals surface area contributed by atoms with Gasteiger partial charge >= 0.3 is 0 Å². The summed E-state index contributed by atoms with van der Waals surface area (Å²) in [4.78, 5) is 2.39. The van der Waals surface area contributed by atoms with Crippen molar-refractivity contribution in [2.45, 2.75) is 19.0 Å². The van der Waals surface area contributed by atoms with Crippen LogP contribution >= 0.6 is 11.6 Å². The van der Waals surface area contributed by atoms with Crippen LogP contribution in [0.2, 0.25) is 5.02 Å².